The van der Waals surface area contributed by atoms with E-state index >= 15 is 0 Å². The van der Waals surface area contributed by atoms with Gasteiger partial charge in [0.1, 0.15) is 18.3 Å². The molecular formula is C24H36O7. The van der Waals surface area contributed by atoms with Crippen molar-refractivity contribution in [3.05, 3.63) is 23.8 Å². The number of fused-ring (bicyclic) bond motifs is 5. The zero-order chi connectivity index (χ0) is 23.1. The lowest BCUT2D eigenvalue weighted by molar-refractivity contribution is -0.279. The van der Waals surface area contributed by atoms with Crippen LogP contribution in [-0.2, 0) is 28.7 Å². The van der Waals surface area contributed by atoms with Gasteiger partial charge in [-0.1, -0.05) is 32.1 Å². The van der Waals surface area contributed by atoms with Crippen LogP contribution < -0.4 is 0 Å². The second kappa shape index (κ2) is 9.04. The Hall–Kier alpha value is -1.70. The van der Waals surface area contributed by atoms with Gasteiger partial charge in [0.25, 0.3) is 0 Å². The van der Waals surface area contributed by atoms with Crippen molar-refractivity contribution >= 4 is 11.9 Å². The average Bonchev–Trinajstić information content (AvgIpc) is 3.05. The van der Waals surface area contributed by atoms with Gasteiger partial charge in [-0.25, -0.2) is 4.89 Å². The summed E-state index contributed by atoms with van der Waals surface area (Å²) in [4.78, 5) is 29.0. The highest BCUT2D eigenvalue weighted by Crippen LogP contribution is 2.54. The predicted octanol–water partition coefficient (Wildman–Crippen LogP) is 4.07. The molecule has 1 N–H and O–H groups in total. The first-order chi connectivity index (χ1) is 14.5. The van der Waals surface area contributed by atoms with E-state index in [-0.39, 0.29) is 24.4 Å². The fraction of sp³-hybridized carbons (Fsp3) is 0.750. The average molecular weight is 437 g/mol. The summed E-state index contributed by atoms with van der Waals surface area (Å²) in [7, 11) is 0. The lowest BCUT2D eigenvalue weighted by atomic mass is 9.62. The van der Waals surface area contributed by atoms with Crippen molar-refractivity contribution in [3.8, 4) is 0 Å². The van der Waals surface area contributed by atoms with Crippen LogP contribution in [0, 0.1) is 23.7 Å². The number of rotatable bonds is 4. The SMILES string of the molecule is C=C1C[C@H]2O[C@H]([C@H]3[C@@H]2C(C)=CC[C@@H]3C(C)C)[C@](C)(OC(C)=O)[C@@H](OC(C)=O)C[C@@H]1OO. The standard InChI is InChI=1S/C24H36O7/c1-12(2)17-9-8-13(3)21-19-10-14(4)18(31-27)11-20(28-15(5)25)24(7,30-16(6)26)23(29-19)22(17)21/h8,12,17-23,27H,4,9-11H2,1-3,5-7H3/t17-,18+,19-,20+,21-,22-,23-,24-/m1/s1. The van der Waals surface area contributed by atoms with Gasteiger partial charge in [-0.15, -0.1) is 0 Å². The van der Waals surface area contributed by atoms with Gasteiger partial charge in [0.15, 0.2) is 5.60 Å². The maximum absolute atomic E-state index is 12.2. The first-order valence-electron chi connectivity index (χ1n) is 11.2. The van der Waals surface area contributed by atoms with E-state index in [4.69, 9.17) is 19.1 Å². The van der Waals surface area contributed by atoms with Gasteiger partial charge in [-0.05, 0) is 44.1 Å². The van der Waals surface area contributed by atoms with Crippen molar-refractivity contribution in [1.29, 1.82) is 0 Å². The largest absolute Gasteiger partial charge is 0.458 e. The first kappa shape index (κ1) is 24.0. The third kappa shape index (κ3) is 4.45. The summed E-state index contributed by atoms with van der Waals surface area (Å²) in [5.41, 5.74) is 0.662. The minimum Gasteiger partial charge on any atom is -0.458 e. The molecule has 0 radical (unpaired) electrons. The van der Waals surface area contributed by atoms with Crippen LogP contribution in [-0.4, -0.2) is 47.2 Å². The highest BCUT2D eigenvalue weighted by atomic mass is 17.1. The molecule has 0 aromatic carbocycles. The Labute approximate surface area is 184 Å². The molecule has 2 aliphatic heterocycles. The van der Waals surface area contributed by atoms with E-state index in [0.717, 1.165) is 6.42 Å². The predicted molar refractivity (Wildman–Crippen MR) is 114 cm³/mol. The monoisotopic (exact) mass is 436 g/mol. The number of allylic oxidation sites excluding steroid dienone is 1. The Morgan fingerprint density at radius 1 is 1.29 bits per heavy atom. The van der Waals surface area contributed by atoms with Gasteiger partial charge in [0, 0.05) is 32.1 Å². The zero-order valence-corrected chi connectivity index (χ0v) is 19.4. The Morgan fingerprint density at radius 2 is 1.97 bits per heavy atom. The molecule has 174 valence electrons. The van der Waals surface area contributed by atoms with E-state index in [0.29, 0.717) is 23.8 Å². The molecule has 0 aromatic rings. The Balaban J connectivity index is 2.18. The van der Waals surface area contributed by atoms with Crippen molar-refractivity contribution in [2.24, 2.45) is 23.7 Å². The quantitative estimate of drug-likeness (QED) is 0.307. The minimum absolute atomic E-state index is 0.0943. The molecule has 1 aliphatic carbocycles. The molecule has 7 nitrogen and oxygen atoms in total. The molecule has 3 aliphatic rings. The first-order valence-corrected chi connectivity index (χ1v) is 11.2. The Bertz CT molecular complexity index is 757. The molecule has 0 unspecified atom stereocenters. The van der Waals surface area contributed by atoms with Crippen LogP contribution >= 0.6 is 0 Å². The van der Waals surface area contributed by atoms with E-state index in [9.17, 15) is 14.8 Å². The zero-order valence-electron chi connectivity index (χ0n) is 19.4. The van der Waals surface area contributed by atoms with Crippen LogP contribution in [0.15, 0.2) is 23.8 Å². The van der Waals surface area contributed by atoms with Crippen molar-refractivity contribution in [2.75, 3.05) is 0 Å². The number of carbonyl (C=O) groups excluding carboxylic acids is 2. The summed E-state index contributed by atoms with van der Waals surface area (Å²) in [6, 6.07) is 0. The summed E-state index contributed by atoms with van der Waals surface area (Å²) in [6.45, 7) is 15.1. The molecule has 2 bridgehead atoms. The summed E-state index contributed by atoms with van der Waals surface area (Å²) in [5, 5.41) is 9.58. The fourth-order valence-corrected chi connectivity index (χ4v) is 6.00. The van der Waals surface area contributed by atoms with Gasteiger partial charge in [0.05, 0.1) is 6.10 Å². The number of ether oxygens (including phenoxy) is 3. The van der Waals surface area contributed by atoms with E-state index in [1.165, 1.54) is 19.4 Å². The molecule has 2 saturated heterocycles. The van der Waals surface area contributed by atoms with Gasteiger partial charge >= 0.3 is 11.9 Å². The fourth-order valence-electron chi connectivity index (χ4n) is 6.00. The smallest absolute Gasteiger partial charge is 0.303 e. The summed E-state index contributed by atoms with van der Waals surface area (Å²) in [6.07, 6.45) is 1.52. The molecule has 0 spiro atoms. The van der Waals surface area contributed by atoms with Crippen LogP contribution in [0.3, 0.4) is 0 Å². The number of carbonyl (C=O) groups is 2. The summed E-state index contributed by atoms with van der Waals surface area (Å²) < 4.78 is 18.3. The van der Waals surface area contributed by atoms with Crippen LogP contribution in [0.1, 0.15) is 60.8 Å². The molecule has 7 heteroatoms. The molecule has 3 rings (SSSR count). The van der Waals surface area contributed by atoms with Crippen LogP contribution in [0.2, 0.25) is 0 Å². The molecule has 31 heavy (non-hydrogen) atoms. The lowest BCUT2D eigenvalue weighted by Crippen LogP contribution is -2.58. The van der Waals surface area contributed by atoms with Crippen LogP contribution in [0.4, 0.5) is 0 Å². The molecule has 2 heterocycles. The minimum atomic E-state index is -1.25. The third-order valence-electron chi connectivity index (χ3n) is 7.42. The maximum atomic E-state index is 12.2. The number of esters is 2. The Kier molecular flexibility index (Phi) is 6.99. The molecular weight excluding hydrogens is 400 g/mol. The van der Waals surface area contributed by atoms with Gasteiger partial charge in [-0.3, -0.25) is 14.8 Å². The number of hydrogen-bond donors (Lipinski definition) is 1. The normalized spacial score (nSPS) is 40.3. The highest BCUT2D eigenvalue weighted by Gasteiger charge is 2.61. The maximum Gasteiger partial charge on any atom is 0.303 e. The van der Waals surface area contributed by atoms with Crippen molar-refractivity contribution in [2.45, 2.75) is 90.8 Å². The molecule has 0 amide bonds. The number of hydrogen-bond acceptors (Lipinski definition) is 7. The molecule has 0 saturated carbocycles. The van der Waals surface area contributed by atoms with Crippen LogP contribution in [0.5, 0.6) is 0 Å². The van der Waals surface area contributed by atoms with Crippen molar-refractivity contribution in [1.82, 2.24) is 0 Å². The topological polar surface area (TPSA) is 91.3 Å². The van der Waals surface area contributed by atoms with Gasteiger partial charge < -0.3 is 14.2 Å². The van der Waals surface area contributed by atoms with E-state index in [1.807, 2.05) is 0 Å². The van der Waals surface area contributed by atoms with Crippen molar-refractivity contribution in [3.63, 3.8) is 0 Å². The van der Waals surface area contributed by atoms with Gasteiger partial charge in [-0.2, -0.15) is 0 Å². The molecule has 2 fully saturated rings. The highest BCUT2D eigenvalue weighted by molar-refractivity contribution is 5.68. The Morgan fingerprint density at radius 3 is 2.52 bits per heavy atom. The van der Waals surface area contributed by atoms with E-state index in [2.05, 4.69) is 33.4 Å². The van der Waals surface area contributed by atoms with Crippen LogP contribution in [0.25, 0.3) is 0 Å². The van der Waals surface area contributed by atoms with Gasteiger partial charge in [0.2, 0.25) is 0 Å². The second-order valence-corrected chi connectivity index (χ2v) is 9.86. The molecule has 0 aromatic heterocycles. The third-order valence-corrected chi connectivity index (χ3v) is 7.42. The van der Waals surface area contributed by atoms with Crippen molar-refractivity contribution < 1.29 is 33.9 Å². The van der Waals surface area contributed by atoms with E-state index in [1.54, 1.807) is 6.92 Å². The second-order valence-electron chi connectivity index (χ2n) is 9.86. The lowest BCUT2D eigenvalue weighted by Gasteiger charge is -2.46. The summed E-state index contributed by atoms with van der Waals surface area (Å²) >= 11 is 0. The summed E-state index contributed by atoms with van der Waals surface area (Å²) in [5.74, 6) is -0.0441. The van der Waals surface area contributed by atoms with E-state index < -0.39 is 35.9 Å². The molecule has 8 atom stereocenters.